The number of rotatable bonds is 7. The molecule has 0 bridgehead atoms. The van der Waals surface area contributed by atoms with Gasteiger partial charge in [0.1, 0.15) is 5.75 Å². The molecule has 6 nitrogen and oxygen atoms in total. The molecule has 0 fully saturated rings. The number of nitrogens with one attached hydrogen (secondary N) is 1. The highest BCUT2D eigenvalue weighted by molar-refractivity contribution is 7.92. The first-order valence-corrected chi connectivity index (χ1v) is 8.61. The lowest BCUT2D eigenvalue weighted by Gasteiger charge is -2.08. The molecule has 1 N–H and O–H groups in total. The maximum atomic E-state index is 12.3. The number of aryl methyl sites for hydroxylation is 1. The third kappa shape index (κ3) is 3.79. The number of anilines is 1. The van der Waals surface area contributed by atoms with Gasteiger partial charge in [-0.05, 0) is 44.5 Å². The predicted molar refractivity (Wildman–Crippen MR) is 83.6 cm³/mol. The molecule has 1 heterocycles. The van der Waals surface area contributed by atoms with Crippen molar-refractivity contribution in [3.8, 4) is 5.75 Å². The van der Waals surface area contributed by atoms with E-state index in [0.29, 0.717) is 23.6 Å². The Kier molecular flexibility index (Phi) is 5.07. The molecule has 0 unspecified atom stereocenters. The van der Waals surface area contributed by atoms with Gasteiger partial charge in [0.15, 0.2) is 0 Å². The zero-order valence-electron chi connectivity index (χ0n) is 12.9. The summed E-state index contributed by atoms with van der Waals surface area (Å²) in [6.45, 7) is 6.20. The van der Waals surface area contributed by atoms with Gasteiger partial charge in [-0.15, -0.1) is 0 Å². The molecule has 0 radical (unpaired) electrons. The minimum Gasteiger partial charge on any atom is -0.494 e. The van der Waals surface area contributed by atoms with Gasteiger partial charge >= 0.3 is 0 Å². The van der Waals surface area contributed by atoms with Crippen LogP contribution in [0.3, 0.4) is 0 Å². The number of aromatic nitrogens is 1. The summed E-state index contributed by atoms with van der Waals surface area (Å²) in [6.07, 6.45) is 2.01. The fraction of sp³-hybridized carbons (Fsp3) is 0.400. The van der Waals surface area contributed by atoms with E-state index in [1.165, 1.54) is 12.1 Å². The Bertz CT molecular complexity index is 721. The van der Waals surface area contributed by atoms with Crippen LogP contribution in [0.1, 0.15) is 31.0 Å². The summed E-state index contributed by atoms with van der Waals surface area (Å²) >= 11 is 0. The van der Waals surface area contributed by atoms with Crippen LogP contribution < -0.4 is 9.46 Å². The predicted octanol–water partition coefficient (Wildman–Crippen LogP) is 3.27. The molecule has 2 rings (SSSR count). The molecule has 0 aliphatic rings. The van der Waals surface area contributed by atoms with Crippen LogP contribution in [0.4, 0.5) is 5.88 Å². The average Bonchev–Trinajstić information content (AvgIpc) is 2.80. The minimum absolute atomic E-state index is 0.140. The van der Waals surface area contributed by atoms with Gasteiger partial charge in [-0.25, -0.2) is 13.1 Å². The zero-order valence-corrected chi connectivity index (χ0v) is 13.7. The second kappa shape index (κ2) is 6.83. The zero-order chi connectivity index (χ0) is 16.2. The topological polar surface area (TPSA) is 81.4 Å². The Morgan fingerprint density at radius 3 is 2.45 bits per heavy atom. The monoisotopic (exact) mass is 324 g/mol. The van der Waals surface area contributed by atoms with Crippen molar-refractivity contribution in [1.29, 1.82) is 0 Å². The smallest absolute Gasteiger partial charge is 0.264 e. The Morgan fingerprint density at radius 2 is 1.91 bits per heavy atom. The molecule has 0 amide bonds. The van der Waals surface area contributed by atoms with Crippen LogP contribution >= 0.6 is 0 Å². The quantitative estimate of drug-likeness (QED) is 0.790. The maximum absolute atomic E-state index is 12.3. The summed E-state index contributed by atoms with van der Waals surface area (Å²) in [7, 11) is -3.70. The second-order valence-electron chi connectivity index (χ2n) is 5.00. The van der Waals surface area contributed by atoms with E-state index in [1.54, 1.807) is 26.0 Å². The van der Waals surface area contributed by atoms with Crippen molar-refractivity contribution in [1.82, 2.24) is 5.16 Å². The van der Waals surface area contributed by atoms with E-state index in [9.17, 15) is 8.42 Å². The van der Waals surface area contributed by atoms with E-state index < -0.39 is 10.0 Å². The fourth-order valence-electron chi connectivity index (χ4n) is 1.74. The number of ether oxygens (including phenoxy) is 1. The highest BCUT2D eigenvalue weighted by Gasteiger charge is 2.19. The molecule has 0 atom stereocenters. The van der Waals surface area contributed by atoms with Crippen molar-refractivity contribution in [3.63, 3.8) is 0 Å². The molecular formula is C15H20N2O4S. The molecule has 0 saturated heterocycles. The normalized spacial score (nSPS) is 11.4. The van der Waals surface area contributed by atoms with Crippen LogP contribution in [0.2, 0.25) is 0 Å². The molecule has 2 aromatic rings. The Morgan fingerprint density at radius 1 is 1.23 bits per heavy atom. The minimum atomic E-state index is -3.70. The van der Waals surface area contributed by atoms with Crippen LogP contribution in [0.15, 0.2) is 33.7 Å². The molecule has 7 heteroatoms. The van der Waals surface area contributed by atoms with E-state index in [1.807, 2.05) is 0 Å². The van der Waals surface area contributed by atoms with Crippen molar-refractivity contribution in [3.05, 3.63) is 35.5 Å². The van der Waals surface area contributed by atoms with Crippen molar-refractivity contribution in [2.45, 2.75) is 38.5 Å². The van der Waals surface area contributed by atoms with Gasteiger partial charge in [0.2, 0.25) is 5.88 Å². The molecule has 120 valence electrons. The van der Waals surface area contributed by atoms with E-state index in [-0.39, 0.29) is 10.8 Å². The summed E-state index contributed by atoms with van der Waals surface area (Å²) in [5.74, 6) is 0.792. The van der Waals surface area contributed by atoms with Crippen LogP contribution in [-0.2, 0) is 10.0 Å². The number of nitrogens with zero attached hydrogens (tertiary/aromatic N) is 1. The van der Waals surface area contributed by atoms with E-state index in [2.05, 4.69) is 16.8 Å². The Balaban J connectivity index is 2.11. The van der Waals surface area contributed by atoms with Crippen LogP contribution in [0, 0.1) is 13.8 Å². The molecule has 0 saturated carbocycles. The Labute approximate surface area is 130 Å². The molecule has 1 aromatic carbocycles. The molecule has 1 aromatic heterocycles. The lowest BCUT2D eigenvalue weighted by atomic mass is 10.3. The molecule has 0 aliphatic heterocycles. The number of hydrogen-bond acceptors (Lipinski definition) is 5. The first kappa shape index (κ1) is 16.4. The van der Waals surface area contributed by atoms with E-state index in [4.69, 9.17) is 9.26 Å². The highest BCUT2D eigenvalue weighted by Crippen LogP contribution is 2.23. The van der Waals surface area contributed by atoms with Gasteiger partial charge in [-0.3, -0.25) is 0 Å². The first-order valence-electron chi connectivity index (χ1n) is 7.12. The molecular weight excluding hydrogens is 304 g/mol. The van der Waals surface area contributed by atoms with Gasteiger partial charge in [0, 0.05) is 5.56 Å². The standard InChI is InChI=1S/C15H20N2O4S/c1-4-5-10-20-13-6-8-14(9-7-13)22(18,19)17-15-11(2)12(3)16-21-15/h6-9,17H,4-5,10H2,1-3H3. The van der Waals surface area contributed by atoms with Gasteiger partial charge in [-0.1, -0.05) is 18.5 Å². The lowest BCUT2D eigenvalue weighted by Crippen LogP contribution is -2.13. The third-order valence-electron chi connectivity index (χ3n) is 3.28. The lowest BCUT2D eigenvalue weighted by molar-refractivity contribution is 0.309. The van der Waals surface area contributed by atoms with Gasteiger partial charge < -0.3 is 9.26 Å². The van der Waals surface area contributed by atoms with Crippen LogP contribution in [0.5, 0.6) is 5.75 Å². The summed E-state index contributed by atoms with van der Waals surface area (Å²) in [5.41, 5.74) is 1.32. The van der Waals surface area contributed by atoms with Crippen molar-refractivity contribution >= 4 is 15.9 Å². The summed E-state index contributed by atoms with van der Waals surface area (Å²) in [4.78, 5) is 0.142. The van der Waals surface area contributed by atoms with E-state index >= 15 is 0 Å². The highest BCUT2D eigenvalue weighted by atomic mass is 32.2. The van der Waals surface area contributed by atoms with E-state index in [0.717, 1.165) is 12.8 Å². The second-order valence-corrected chi connectivity index (χ2v) is 6.68. The fourth-order valence-corrected chi connectivity index (χ4v) is 2.79. The average molecular weight is 324 g/mol. The first-order chi connectivity index (χ1) is 10.4. The largest absolute Gasteiger partial charge is 0.494 e. The van der Waals surface area contributed by atoms with Crippen molar-refractivity contribution in [2.75, 3.05) is 11.3 Å². The SMILES string of the molecule is CCCCOc1ccc(S(=O)(=O)Nc2onc(C)c2C)cc1. The Hall–Kier alpha value is -2.02. The van der Waals surface area contributed by atoms with Crippen molar-refractivity contribution in [2.24, 2.45) is 0 Å². The van der Waals surface area contributed by atoms with Gasteiger partial charge in [0.25, 0.3) is 10.0 Å². The van der Waals surface area contributed by atoms with Crippen molar-refractivity contribution < 1.29 is 17.7 Å². The summed E-state index contributed by atoms with van der Waals surface area (Å²) in [5, 5.41) is 3.73. The van der Waals surface area contributed by atoms with Crippen LogP contribution in [0.25, 0.3) is 0 Å². The number of hydrogen-bond donors (Lipinski definition) is 1. The molecule has 0 spiro atoms. The number of benzene rings is 1. The maximum Gasteiger partial charge on any atom is 0.264 e. The molecule has 22 heavy (non-hydrogen) atoms. The number of sulfonamides is 1. The van der Waals surface area contributed by atoms with Gasteiger partial charge in [-0.2, -0.15) is 0 Å². The van der Waals surface area contributed by atoms with Crippen LogP contribution in [-0.4, -0.2) is 20.2 Å². The molecule has 0 aliphatic carbocycles. The van der Waals surface area contributed by atoms with Gasteiger partial charge in [0.05, 0.1) is 17.2 Å². The number of unbranched alkanes of at least 4 members (excludes halogenated alkanes) is 1. The summed E-state index contributed by atoms with van der Waals surface area (Å²) < 4.78 is 37.5. The third-order valence-corrected chi connectivity index (χ3v) is 4.63. The summed E-state index contributed by atoms with van der Waals surface area (Å²) in [6, 6.07) is 6.29.